The summed E-state index contributed by atoms with van der Waals surface area (Å²) in [6.45, 7) is 1.83. The maximum absolute atomic E-state index is 12.2. The standard InChI is InChI=1S/C13H15ClN2O4S/c1-8-3-4-9(7-10(8)14)15-13(18)11-5-6-12(17)16(11)21(2,19)20/h3-4,7,11H,5-6H2,1-2H3,(H,15,18). The first kappa shape index (κ1) is 15.8. The first-order valence-corrected chi connectivity index (χ1v) is 8.52. The molecule has 0 aromatic heterocycles. The van der Waals surface area contributed by atoms with E-state index >= 15 is 0 Å². The molecule has 0 spiro atoms. The molecular weight excluding hydrogens is 316 g/mol. The Bertz CT molecular complexity index is 702. The lowest BCUT2D eigenvalue weighted by Gasteiger charge is -2.21. The van der Waals surface area contributed by atoms with Gasteiger partial charge in [-0.3, -0.25) is 9.59 Å². The van der Waals surface area contributed by atoms with Crippen LogP contribution in [-0.4, -0.2) is 36.8 Å². The molecule has 2 rings (SSSR count). The highest BCUT2D eigenvalue weighted by Gasteiger charge is 2.41. The molecule has 0 bridgehead atoms. The number of sulfonamides is 1. The molecule has 1 aromatic rings. The van der Waals surface area contributed by atoms with Crippen molar-refractivity contribution in [3.8, 4) is 0 Å². The lowest BCUT2D eigenvalue weighted by Crippen LogP contribution is -2.44. The minimum absolute atomic E-state index is 0.0415. The lowest BCUT2D eigenvalue weighted by atomic mass is 10.2. The molecule has 1 aliphatic heterocycles. The average molecular weight is 331 g/mol. The fourth-order valence-electron chi connectivity index (χ4n) is 2.21. The van der Waals surface area contributed by atoms with Gasteiger partial charge in [-0.15, -0.1) is 0 Å². The first-order valence-electron chi connectivity index (χ1n) is 6.29. The Hall–Kier alpha value is -1.60. The number of aryl methyl sites for hydroxylation is 1. The number of hydrogen-bond donors (Lipinski definition) is 1. The number of rotatable bonds is 3. The second kappa shape index (κ2) is 5.65. The van der Waals surface area contributed by atoms with Crippen molar-refractivity contribution in [3.63, 3.8) is 0 Å². The zero-order valence-electron chi connectivity index (χ0n) is 11.6. The van der Waals surface area contributed by atoms with E-state index in [1.54, 1.807) is 18.2 Å². The van der Waals surface area contributed by atoms with E-state index in [-0.39, 0.29) is 12.8 Å². The van der Waals surface area contributed by atoms with Gasteiger partial charge < -0.3 is 5.32 Å². The molecule has 1 aromatic carbocycles. The molecular formula is C13H15ClN2O4S. The van der Waals surface area contributed by atoms with Crippen LogP contribution in [0.1, 0.15) is 18.4 Å². The summed E-state index contributed by atoms with van der Waals surface area (Å²) in [7, 11) is -3.76. The van der Waals surface area contributed by atoms with Crippen molar-refractivity contribution >= 4 is 39.1 Å². The number of nitrogens with one attached hydrogen (secondary N) is 1. The average Bonchev–Trinajstić information content (AvgIpc) is 2.76. The van der Waals surface area contributed by atoms with Crippen LogP contribution < -0.4 is 5.32 Å². The summed E-state index contributed by atoms with van der Waals surface area (Å²) in [5, 5.41) is 3.09. The molecule has 0 aliphatic carbocycles. The number of hydrogen-bond acceptors (Lipinski definition) is 4. The van der Waals surface area contributed by atoms with E-state index in [9.17, 15) is 18.0 Å². The summed E-state index contributed by atoms with van der Waals surface area (Å²) < 4.78 is 23.9. The summed E-state index contributed by atoms with van der Waals surface area (Å²) in [6.07, 6.45) is 1.14. The zero-order valence-corrected chi connectivity index (χ0v) is 13.2. The number of amides is 2. The third-order valence-corrected chi connectivity index (χ3v) is 4.84. The van der Waals surface area contributed by atoms with Gasteiger partial charge in [-0.2, -0.15) is 0 Å². The smallest absolute Gasteiger partial charge is 0.248 e. The van der Waals surface area contributed by atoms with Gasteiger partial charge in [-0.05, 0) is 31.0 Å². The molecule has 21 heavy (non-hydrogen) atoms. The van der Waals surface area contributed by atoms with Crippen LogP contribution in [0.5, 0.6) is 0 Å². The van der Waals surface area contributed by atoms with Crippen LogP contribution in [0.25, 0.3) is 0 Å². The van der Waals surface area contributed by atoms with Gasteiger partial charge >= 0.3 is 0 Å². The number of nitrogens with zero attached hydrogens (tertiary/aromatic N) is 1. The van der Waals surface area contributed by atoms with Gasteiger partial charge in [0.1, 0.15) is 6.04 Å². The van der Waals surface area contributed by atoms with E-state index in [4.69, 9.17) is 11.6 Å². The predicted octanol–water partition coefficient (Wildman–Crippen LogP) is 1.54. The van der Waals surface area contributed by atoms with Gasteiger partial charge in [-0.25, -0.2) is 12.7 Å². The summed E-state index contributed by atoms with van der Waals surface area (Å²) in [5.41, 5.74) is 1.33. The van der Waals surface area contributed by atoms with Crippen LogP contribution in [-0.2, 0) is 19.6 Å². The van der Waals surface area contributed by atoms with E-state index < -0.39 is 27.9 Å². The molecule has 2 amide bonds. The fraction of sp³-hybridized carbons (Fsp3) is 0.385. The molecule has 8 heteroatoms. The maximum Gasteiger partial charge on any atom is 0.248 e. The molecule has 0 radical (unpaired) electrons. The van der Waals surface area contributed by atoms with Crippen LogP contribution in [0, 0.1) is 6.92 Å². The SMILES string of the molecule is Cc1ccc(NC(=O)C2CCC(=O)N2S(C)(=O)=O)cc1Cl. The summed E-state index contributed by atoms with van der Waals surface area (Å²) >= 11 is 5.97. The van der Waals surface area contributed by atoms with E-state index in [0.717, 1.165) is 11.8 Å². The quantitative estimate of drug-likeness (QED) is 0.911. The predicted molar refractivity (Wildman–Crippen MR) is 79.5 cm³/mol. The second-order valence-corrected chi connectivity index (χ2v) is 7.23. The molecule has 1 N–H and O–H groups in total. The Morgan fingerprint density at radius 1 is 1.43 bits per heavy atom. The largest absolute Gasteiger partial charge is 0.324 e. The molecule has 6 nitrogen and oxygen atoms in total. The molecule has 0 saturated carbocycles. The summed E-state index contributed by atoms with van der Waals surface area (Å²) in [4.78, 5) is 23.8. The Balaban J connectivity index is 2.20. The van der Waals surface area contributed by atoms with Gasteiger partial charge in [0.05, 0.1) is 6.26 Å². The molecule has 1 unspecified atom stereocenters. The van der Waals surface area contributed by atoms with Gasteiger partial charge in [-0.1, -0.05) is 17.7 Å². The monoisotopic (exact) mass is 330 g/mol. The van der Waals surface area contributed by atoms with E-state index in [1.165, 1.54) is 0 Å². The van der Waals surface area contributed by atoms with Crippen molar-refractivity contribution in [2.24, 2.45) is 0 Å². The number of benzene rings is 1. The van der Waals surface area contributed by atoms with Gasteiger partial charge in [0, 0.05) is 17.1 Å². The highest BCUT2D eigenvalue weighted by Crippen LogP contribution is 2.24. The van der Waals surface area contributed by atoms with Crippen molar-refractivity contribution in [1.82, 2.24) is 4.31 Å². The van der Waals surface area contributed by atoms with Crippen LogP contribution in [0.3, 0.4) is 0 Å². The first-order chi connectivity index (χ1) is 9.70. The second-order valence-electron chi connectivity index (χ2n) is 4.96. The van der Waals surface area contributed by atoms with Crippen LogP contribution in [0.2, 0.25) is 5.02 Å². The van der Waals surface area contributed by atoms with Crippen molar-refractivity contribution in [1.29, 1.82) is 0 Å². The minimum Gasteiger partial charge on any atom is -0.324 e. The summed E-state index contributed by atoms with van der Waals surface area (Å²) in [5.74, 6) is -1.09. The maximum atomic E-state index is 12.2. The number of carbonyl (C=O) groups excluding carboxylic acids is 2. The molecule has 1 atom stereocenters. The van der Waals surface area contributed by atoms with Crippen LogP contribution >= 0.6 is 11.6 Å². The Labute approximate surface area is 128 Å². The topological polar surface area (TPSA) is 83.6 Å². The number of carbonyl (C=O) groups is 2. The van der Waals surface area contributed by atoms with Crippen molar-refractivity contribution in [3.05, 3.63) is 28.8 Å². The number of anilines is 1. The van der Waals surface area contributed by atoms with E-state index in [2.05, 4.69) is 5.32 Å². The Morgan fingerprint density at radius 3 is 2.67 bits per heavy atom. The van der Waals surface area contributed by atoms with Crippen molar-refractivity contribution in [2.75, 3.05) is 11.6 Å². The molecule has 1 heterocycles. The van der Waals surface area contributed by atoms with Crippen LogP contribution in [0.15, 0.2) is 18.2 Å². The van der Waals surface area contributed by atoms with Crippen molar-refractivity contribution in [2.45, 2.75) is 25.8 Å². The normalized spacial score (nSPS) is 18.9. The lowest BCUT2D eigenvalue weighted by molar-refractivity contribution is -0.128. The van der Waals surface area contributed by atoms with Gasteiger partial charge in [0.15, 0.2) is 0 Å². The van der Waals surface area contributed by atoms with Gasteiger partial charge in [0.2, 0.25) is 21.8 Å². The van der Waals surface area contributed by atoms with Crippen LogP contribution in [0.4, 0.5) is 5.69 Å². The minimum atomic E-state index is -3.76. The fourth-order valence-corrected chi connectivity index (χ4v) is 3.52. The highest BCUT2D eigenvalue weighted by atomic mass is 35.5. The van der Waals surface area contributed by atoms with Gasteiger partial charge in [0.25, 0.3) is 0 Å². The summed E-state index contributed by atoms with van der Waals surface area (Å²) in [6, 6.07) is 3.98. The van der Waals surface area contributed by atoms with Crippen molar-refractivity contribution < 1.29 is 18.0 Å². The molecule has 1 saturated heterocycles. The Kier molecular flexibility index (Phi) is 4.25. The zero-order chi connectivity index (χ0) is 15.8. The third-order valence-electron chi connectivity index (χ3n) is 3.26. The molecule has 1 aliphatic rings. The number of halogens is 1. The molecule has 1 fully saturated rings. The molecule has 114 valence electrons. The van der Waals surface area contributed by atoms with E-state index in [0.29, 0.717) is 15.0 Å². The highest BCUT2D eigenvalue weighted by molar-refractivity contribution is 7.89. The third kappa shape index (κ3) is 3.36. The van der Waals surface area contributed by atoms with E-state index in [1.807, 2.05) is 6.92 Å². The Morgan fingerprint density at radius 2 is 2.10 bits per heavy atom.